The fourth-order valence-corrected chi connectivity index (χ4v) is 9.79. The third-order valence-electron chi connectivity index (χ3n) is 10.0. The maximum atomic E-state index is 15.2. The van der Waals surface area contributed by atoms with Gasteiger partial charge in [-0.05, 0) is 37.6 Å². The number of carbonyl (C=O) groups is 5. The second kappa shape index (κ2) is 18.9. The normalized spacial score (nSPS) is 19.6. The molecule has 2 aromatic carbocycles. The molecule has 4 heterocycles. The minimum Gasteiger partial charge on any atom is -0.507 e. The number of amides is 2. The summed E-state index contributed by atoms with van der Waals surface area (Å²) < 4.78 is 26.8. The van der Waals surface area contributed by atoms with E-state index in [0.29, 0.717) is 47.1 Å². The Morgan fingerprint density at radius 1 is 1.02 bits per heavy atom. The van der Waals surface area contributed by atoms with Crippen LogP contribution in [0.3, 0.4) is 0 Å². The highest BCUT2D eigenvalue weighted by Gasteiger charge is 2.43. The van der Waals surface area contributed by atoms with Gasteiger partial charge in [0, 0.05) is 80.9 Å². The molecule has 3 aromatic rings. The third-order valence-corrected chi connectivity index (χ3v) is 12.6. The number of hydrogen-bond donors (Lipinski definition) is 4. The van der Waals surface area contributed by atoms with E-state index in [2.05, 4.69) is 5.32 Å². The summed E-state index contributed by atoms with van der Waals surface area (Å²) in [4.78, 5) is 83.4. The van der Waals surface area contributed by atoms with Crippen LogP contribution >= 0.6 is 23.5 Å². The van der Waals surface area contributed by atoms with E-state index >= 15 is 4.39 Å². The van der Waals surface area contributed by atoms with Crippen molar-refractivity contribution in [1.82, 2.24) is 19.7 Å². The van der Waals surface area contributed by atoms with Crippen LogP contribution in [0, 0.1) is 5.82 Å². The van der Waals surface area contributed by atoms with Gasteiger partial charge >= 0.3 is 24.0 Å². The van der Waals surface area contributed by atoms with Gasteiger partial charge in [-0.1, -0.05) is 12.1 Å². The number of thioether (sulfide) groups is 2. The number of aromatic carboxylic acids is 1. The molecule has 0 radical (unpaired) electrons. The summed E-state index contributed by atoms with van der Waals surface area (Å²) in [6.45, 7) is 2.88. The van der Waals surface area contributed by atoms with Crippen molar-refractivity contribution in [3.63, 3.8) is 0 Å². The fourth-order valence-electron chi connectivity index (χ4n) is 7.01. The van der Waals surface area contributed by atoms with Gasteiger partial charge in [0.15, 0.2) is 0 Å². The van der Waals surface area contributed by atoms with Crippen LogP contribution in [0.5, 0.6) is 5.75 Å². The molecule has 1 unspecified atom stereocenters. The molecule has 4 N–H and O–H groups in total. The number of esters is 1. The first kappa shape index (κ1) is 42.3. The number of pyridine rings is 1. The van der Waals surface area contributed by atoms with Gasteiger partial charge in [-0.3, -0.25) is 29.1 Å². The zero-order valence-corrected chi connectivity index (χ0v) is 33.1. The van der Waals surface area contributed by atoms with Crippen LogP contribution in [0.15, 0.2) is 52.4 Å². The first-order valence-electron chi connectivity index (χ1n) is 18.6. The maximum Gasteiger partial charge on any atom is 0.412 e. The number of aliphatic carboxylic acids is 1. The molecule has 6 rings (SSSR count). The summed E-state index contributed by atoms with van der Waals surface area (Å²) >= 11 is 3.05. The topological polar surface area (TPSA) is 221 Å². The summed E-state index contributed by atoms with van der Waals surface area (Å²) in [6.07, 6.45) is 0.524. The van der Waals surface area contributed by atoms with Crippen molar-refractivity contribution in [1.29, 1.82) is 0 Å². The smallest absolute Gasteiger partial charge is 0.412 e. The minimum absolute atomic E-state index is 0.0457. The number of carboxylic acids is 2. The van der Waals surface area contributed by atoms with E-state index in [0.717, 1.165) is 6.07 Å². The zero-order valence-electron chi connectivity index (χ0n) is 31.5. The highest BCUT2D eigenvalue weighted by molar-refractivity contribution is 8.14. The van der Waals surface area contributed by atoms with Crippen LogP contribution in [-0.4, -0.2) is 140 Å². The SMILES string of the molecule is CCn1cc(C(=O)O)c(=O)c2cc(F)c(N3CCN(C(=O)OCOC(=O)CCC(=O)NCCCN4C([C@H]5CSC(c6ccccc6O)=N5)SC[C@H]4C(=O)O)CC3)cc21. The minimum atomic E-state index is -1.40. The summed E-state index contributed by atoms with van der Waals surface area (Å²) in [5, 5.41) is 32.7. The van der Waals surface area contributed by atoms with Crippen LogP contribution in [-0.2, 0) is 30.4 Å². The van der Waals surface area contributed by atoms with Gasteiger partial charge in [0.2, 0.25) is 18.1 Å². The van der Waals surface area contributed by atoms with Crippen molar-refractivity contribution < 1.29 is 53.2 Å². The van der Waals surface area contributed by atoms with Gasteiger partial charge in [-0.25, -0.2) is 14.0 Å². The highest BCUT2D eigenvalue weighted by Crippen LogP contribution is 2.38. The van der Waals surface area contributed by atoms with Crippen LogP contribution in [0.4, 0.5) is 14.9 Å². The summed E-state index contributed by atoms with van der Waals surface area (Å²) in [5.74, 6) is -2.99. The number of nitrogens with one attached hydrogen (secondary N) is 1. The van der Waals surface area contributed by atoms with Gasteiger partial charge in [0.25, 0.3) is 0 Å². The Kier molecular flexibility index (Phi) is 13.8. The molecule has 3 aliphatic heterocycles. The molecule has 0 bridgehead atoms. The molecule has 0 saturated carbocycles. The number of phenols is 1. The number of nitrogens with zero attached hydrogens (tertiary/aromatic N) is 5. The predicted octanol–water partition coefficient (Wildman–Crippen LogP) is 3.00. The number of piperazine rings is 1. The lowest BCUT2D eigenvalue weighted by molar-refractivity contribution is -0.153. The van der Waals surface area contributed by atoms with Crippen LogP contribution in [0.1, 0.15) is 42.1 Å². The Morgan fingerprint density at radius 2 is 1.78 bits per heavy atom. The van der Waals surface area contributed by atoms with Crippen molar-refractivity contribution in [3.05, 3.63) is 69.8 Å². The number of benzene rings is 2. The number of ether oxygens (including phenoxy) is 2. The molecule has 310 valence electrons. The van der Waals surface area contributed by atoms with E-state index in [1.165, 1.54) is 40.7 Å². The number of aryl methyl sites for hydroxylation is 1. The maximum absolute atomic E-state index is 15.2. The fraction of sp³-hybridized carbons (Fsp3) is 0.447. The van der Waals surface area contributed by atoms with E-state index < -0.39 is 59.6 Å². The lowest BCUT2D eigenvalue weighted by atomic mass is 10.1. The molecule has 2 amide bonds. The van der Waals surface area contributed by atoms with Crippen LogP contribution in [0.2, 0.25) is 0 Å². The molecule has 1 aromatic heterocycles. The Balaban J connectivity index is 0.888. The first-order valence-corrected chi connectivity index (χ1v) is 20.7. The van der Waals surface area contributed by atoms with Crippen molar-refractivity contribution in [2.24, 2.45) is 4.99 Å². The number of aromatic hydroxyl groups is 1. The summed E-state index contributed by atoms with van der Waals surface area (Å²) in [5.41, 5.74) is -0.000840. The lowest BCUT2D eigenvalue weighted by Crippen LogP contribution is -2.49. The van der Waals surface area contributed by atoms with E-state index in [4.69, 9.17) is 14.5 Å². The second-order valence-electron chi connectivity index (χ2n) is 13.7. The predicted molar refractivity (Wildman–Crippen MR) is 214 cm³/mol. The summed E-state index contributed by atoms with van der Waals surface area (Å²) in [6, 6.07) is 8.61. The molecule has 20 heteroatoms. The molecule has 58 heavy (non-hydrogen) atoms. The number of aliphatic imine (C=N–C) groups is 1. The second-order valence-corrected chi connectivity index (χ2v) is 15.8. The first-order chi connectivity index (χ1) is 27.9. The number of aromatic nitrogens is 1. The van der Waals surface area contributed by atoms with Gasteiger partial charge in [-0.2, -0.15) is 0 Å². The van der Waals surface area contributed by atoms with Crippen LogP contribution in [0.25, 0.3) is 10.9 Å². The number of hydrogen-bond acceptors (Lipinski definition) is 14. The Morgan fingerprint density at radius 3 is 2.48 bits per heavy atom. The average Bonchev–Trinajstić information content (AvgIpc) is 3.87. The third kappa shape index (κ3) is 9.67. The molecule has 17 nitrogen and oxygen atoms in total. The molecule has 3 aliphatic rings. The van der Waals surface area contributed by atoms with Crippen molar-refractivity contribution in [3.8, 4) is 5.75 Å². The quantitative estimate of drug-likeness (QED) is 0.0982. The number of para-hydroxylation sites is 1. The highest BCUT2D eigenvalue weighted by atomic mass is 32.2. The number of anilines is 1. The molecule has 2 fully saturated rings. The van der Waals surface area contributed by atoms with Gasteiger partial charge in [0.05, 0.1) is 29.0 Å². The number of phenolic OH excluding ortho intramolecular Hbond substituents is 1. The lowest BCUT2D eigenvalue weighted by Gasteiger charge is -2.35. The largest absolute Gasteiger partial charge is 0.507 e. The van der Waals surface area contributed by atoms with E-state index in [1.54, 1.807) is 34.6 Å². The summed E-state index contributed by atoms with van der Waals surface area (Å²) in [7, 11) is 0. The van der Waals surface area contributed by atoms with Crippen LogP contribution < -0.4 is 15.6 Å². The molecular formula is C38H43FN6O11S2. The number of rotatable bonds is 15. The number of carboxylic acid groups (broad SMARTS) is 2. The zero-order chi connectivity index (χ0) is 41.5. The van der Waals surface area contributed by atoms with E-state index in [9.17, 15) is 44.1 Å². The Hall–Kier alpha value is -5.34. The number of halogens is 1. The average molecular weight is 843 g/mol. The van der Waals surface area contributed by atoms with Crippen molar-refractivity contribution >= 4 is 75.1 Å². The van der Waals surface area contributed by atoms with Gasteiger partial charge in [-0.15, -0.1) is 23.5 Å². The molecule has 2 saturated heterocycles. The van der Waals surface area contributed by atoms with Gasteiger partial charge in [0.1, 0.15) is 28.2 Å². The molecule has 3 atom stereocenters. The van der Waals surface area contributed by atoms with E-state index in [-0.39, 0.29) is 73.8 Å². The molecule has 0 spiro atoms. The van der Waals surface area contributed by atoms with Crippen molar-refractivity contribution in [2.45, 2.75) is 50.2 Å². The monoisotopic (exact) mass is 842 g/mol. The number of fused-ring (bicyclic) bond motifs is 1. The molecule has 0 aliphatic carbocycles. The van der Waals surface area contributed by atoms with Crippen molar-refractivity contribution in [2.75, 3.05) is 62.5 Å². The molecular weight excluding hydrogens is 800 g/mol. The Labute approximate surface area is 340 Å². The Bertz CT molecular complexity index is 2160. The standard InChI is InChI=1S/C38H43FN6O11S2/c1-2-42-18-24(36(50)51)33(49)23-16-25(39)28(17-27(23)42)43-12-14-44(15-13-43)38(54)56-21-55-32(48)9-8-31(47)40-10-5-11-45-29(37(52)53)20-58-35(45)26-19-57-34(41-26)22-6-3-4-7-30(22)46/h3-4,6-7,16-18,26,29,35,46H,2,5,8-15,19-21H2,1H3,(H,40,47)(H,50,51)(H,52,53)/t26-,29+,35?/m1/s1. The van der Waals surface area contributed by atoms with Gasteiger partial charge < -0.3 is 44.5 Å². The van der Waals surface area contributed by atoms with E-state index in [1.807, 2.05) is 11.0 Å². The number of carbonyl (C=O) groups excluding carboxylic acids is 3.